The van der Waals surface area contributed by atoms with Gasteiger partial charge in [-0.2, -0.15) is 13.2 Å². The number of aromatic nitrogens is 3. The normalized spacial score (nSPS) is 12.0. The minimum atomic E-state index is -4.27. The summed E-state index contributed by atoms with van der Waals surface area (Å²) in [6.45, 7) is -1.13. The van der Waals surface area contributed by atoms with Gasteiger partial charge in [0, 0.05) is 6.20 Å². The predicted molar refractivity (Wildman–Crippen MR) is 60.2 cm³/mol. The molecule has 86 valence electrons. The molecule has 0 bridgehead atoms. The topological polar surface area (TPSA) is 42.2 Å². The molecule has 2 aromatic heterocycles. The third kappa shape index (κ3) is 2.36. The first-order valence-electron chi connectivity index (χ1n) is 4.27. The largest absolute Gasteiger partial charge is 0.405 e. The number of halogens is 4. The number of anilines is 1. The summed E-state index contributed by atoms with van der Waals surface area (Å²) in [5.41, 5.74) is 0.535. The minimum absolute atomic E-state index is 0.0887. The molecule has 0 aliphatic carbocycles. The third-order valence-corrected chi connectivity index (χ3v) is 2.68. The van der Waals surface area contributed by atoms with E-state index in [4.69, 9.17) is 0 Å². The van der Waals surface area contributed by atoms with Gasteiger partial charge in [0.15, 0.2) is 5.65 Å². The van der Waals surface area contributed by atoms with Gasteiger partial charge in [0.05, 0.1) is 3.57 Å². The van der Waals surface area contributed by atoms with E-state index >= 15 is 0 Å². The van der Waals surface area contributed by atoms with Crippen molar-refractivity contribution in [2.24, 2.45) is 0 Å². The molecule has 2 heterocycles. The maximum Gasteiger partial charge on any atom is 0.405 e. The molecular weight excluding hydrogens is 336 g/mol. The number of pyridine rings is 1. The number of hydrogen-bond acceptors (Lipinski definition) is 3. The second-order valence-electron chi connectivity index (χ2n) is 3.04. The molecule has 2 aromatic rings. The van der Waals surface area contributed by atoms with Crippen LogP contribution in [-0.2, 0) is 0 Å². The quantitative estimate of drug-likeness (QED) is 0.852. The lowest BCUT2D eigenvalue weighted by molar-refractivity contribution is -0.115. The van der Waals surface area contributed by atoms with E-state index in [9.17, 15) is 13.2 Å². The van der Waals surface area contributed by atoms with Crippen molar-refractivity contribution in [3.05, 3.63) is 21.9 Å². The van der Waals surface area contributed by atoms with Gasteiger partial charge in [0.25, 0.3) is 0 Å². The van der Waals surface area contributed by atoms with Crippen molar-refractivity contribution >= 4 is 34.2 Å². The van der Waals surface area contributed by atoms with Crippen LogP contribution in [0.2, 0.25) is 0 Å². The number of hydrogen-bond donors (Lipinski definition) is 1. The lowest BCUT2D eigenvalue weighted by Gasteiger charge is -2.07. The first-order valence-corrected chi connectivity index (χ1v) is 5.35. The molecule has 0 atom stereocenters. The fraction of sp³-hybridized carbons (Fsp3) is 0.250. The van der Waals surface area contributed by atoms with Crippen LogP contribution in [-0.4, -0.2) is 27.3 Å². The van der Waals surface area contributed by atoms with E-state index in [0.29, 0.717) is 5.65 Å². The van der Waals surface area contributed by atoms with E-state index in [1.807, 2.05) is 22.6 Å². The molecule has 0 aliphatic rings. The summed E-state index contributed by atoms with van der Waals surface area (Å²) in [7, 11) is 0. The highest BCUT2D eigenvalue weighted by Gasteiger charge is 2.27. The lowest BCUT2D eigenvalue weighted by Crippen LogP contribution is -2.22. The van der Waals surface area contributed by atoms with Crippen LogP contribution < -0.4 is 5.32 Å². The molecule has 1 N–H and O–H groups in total. The molecule has 0 fully saturated rings. The smallest absolute Gasteiger partial charge is 0.345 e. The predicted octanol–water partition coefficient (Wildman–Crippen LogP) is 2.31. The van der Waals surface area contributed by atoms with E-state index < -0.39 is 12.7 Å². The van der Waals surface area contributed by atoms with E-state index in [1.165, 1.54) is 4.40 Å². The van der Waals surface area contributed by atoms with Gasteiger partial charge in [-0.3, -0.25) is 4.40 Å². The zero-order valence-corrected chi connectivity index (χ0v) is 9.95. The Morgan fingerprint density at radius 1 is 1.38 bits per heavy atom. The average molecular weight is 342 g/mol. The van der Waals surface area contributed by atoms with Crippen molar-refractivity contribution in [2.75, 3.05) is 11.9 Å². The fourth-order valence-electron chi connectivity index (χ4n) is 1.18. The molecule has 0 radical (unpaired) electrons. The summed E-state index contributed by atoms with van der Waals surface area (Å²) in [5.74, 6) is 0.0887. The van der Waals surface area contributed by atoms with Crippen molar-refractivity contribution in [3.63, 3.8) is 0 Å². The highest BCUT2D eigenvalue weighted by Crippen LogP contribution is 2.18. The van der Waals surface area contributed by atoms with Gasteiger partial charge < -0.3 is 5.32 Å². The average Bonchev–Trinajstić information content (AvgIpc) is 2.58. The van der Waals surface area contributed by atoms with Crippen LogP contribution in [0.3, 0.4) is 0 Å². The van der Waals surface area contributed by atoms with Gasteiger partial charge in [0.2, 0.25) is 5.95 Å². The van der Waals surface area contributed by atoms with Crippen LogP contribution >= 0.6 is 22.6 Å². The number of nitrogens with one attached hydrogen (secondary N) is 1. The minimum Gasteiger partial charge on any atom is -0.345 e. The number of fused-ring (bicyclic) bond motifs is 1. The second-order valence-corrected chi connectivity index (χ2v) is 4.20. The number of nitrogens with zero attached hydrogens (tertiary/aromatic N) is 3. The number of rotatable bonds is 2. The van der Waals surface area contributed by atoms with Crippen molar-refractivity contribution < 1.29 is 13.2 Å². The van der Waals surface area contributed by atoms with E-state index in [0.717, 1.165) is 3.57 Å². The van der Waals surface area contributed by atoms with E-state index in [2.05, 4.69) is 15.5 Å². The molecule has 8 heteroatoms. The summed E-state index contributed by atoms with van der Waals surface area (Å²) in [6, 6.07) is 3.52. The van der Waals surface area contributed by atoms with Crippen LogP contribution in [0.25, 0.3) is 5.65 Å². The van der Waals surface area contributed by atoms with Crippen molar-refractivity contribution in [1.29, 1.82) is 0 Å². The molecule has 0 spiro atoms. The van der Waals surface area contributed by atoms with Gasteiger partial charge in [-0.15, -0.1) is 10.2 Å². The molecule has 0 amide bonds. The van der Waals surface area contributed by atoms with Gasteiger partial charge in [-0.1, -0.05) is 0 Å². The zero-order valence-electron chi connectivity index (χ0n) is 7.79. The first-order chi connectivity index (χ1) is 7.47. The highest BCUT2D eigenvalue weighted by atomic mass is 127. The van der Waals surface area contributed by atoms with Crippen molar-refractivity contribution in [1.82, 2.24) is 14.6 Å². The fourth-order valence-corrected chi connectivity index (χ4v) is 1.76. The highest BCUT2D eigenvalue weighted by molar-refractivity contribution is 14.1. The Morgan fingerprint density at radius 2 is 2.12 bits per heavy atom. The van der Waals surface area contributed by atoms with Gasteiger partial charge in [-0.25, -0.2) is 0 Å². The van der Waals surface area contributed by atoms with Crippen LogP contribution in [0.15, 0.2) is 18.3 Å². The lowest BCUT2D eigenvalue weighted by atomic mass is 10.5. The summed E-state index contributed by atoms with van der Waals surface area (Å²) in [4.78, 5) is 0. The third-order valence-electron chi connectivity index (χ3n) is 1.83. The molecule has 0 saturated heterocycles. The maximum atomic E-state index is 12.0. The van der Waals surface area contributed by atoms with Crippen LogP contribution in [0, 0.1) is 3.57 Å². The molecular formula is C8H6F3IN4. The monoisotopic (exact) mass is 342 g/mol. The summed E-state index contributed by atoms with van der Waals surface area (Å²) >= 11 is 2.04. The molecule has 0 saturated carbocycles. The molecule has 0 aliphatic heterocycles. The van der Waals surface area contributed by atoms with E-state index in [1.54, 1.807) is 18.3 Å². The standard InChI is InChI=1S/C8H6F3IN4/c9-8(10,11)4-13-7-15-14-6-5(12)2-1-3-16(6)7/h1-3H,4H2,(H,13,15). The van der Waals surface area contributed by atoms with Crippen LogP contribution in [0.5, 0.6) is 0 Å². The molecule has 16 heavy (non-hydrogen) atoms. The SMILES string of the molecule is FC(F)(F)CNc1nnc2c(I)cccn12. The number of alkyl halides is 3. The van der Waals surface area contributed by atoms with Gasteiger partial charge in [0.1, 0.15) is 6.54 Å². The summed E-state index contributed by atoms with van der Waals surface area (Å²) in [6.07, 6.45) is -2.66. The first kappa shape index (κ1) is 11.4. The Balaban J connectivity index is 2.29. The molecule has 4 nitrogen and oxygen atoms in total. The second kappa shape index (κ2) is 4.07. The van der Waals surface area contributed by atoms with Crippen LogP contribution in [0.1, 0.15) is 0 Å². The van der Waals surface area contributed by atoms with Gasteiger partial charge in [-0.05, 0) is 34.7 Å². The Morgan fingerprint density at radius 3 is 2.81 bits per heavy atom. The van der Waals surface area contributed by atoms with Crippen molar-refractivity contribution in [3.8, 4) is 0 Å². The summed E-state index contributed by atoms with van der Waals surface area (Å²) in [5, 5.41) is 9.65. The Bertz CT molecular complexity index is 507. The maximum absolute atomic E-state index is 12.0. The zero-order chi connectivity index (χ0) is 11.8. The van der Waals surface area contributed by atoms with E-state index in [-0.39, 0.29) is 5.95 Å². The molecule has 0 aromatic carbocycles. The summed E-state index contributed by atoms with van der Waals surface area (Å²) < 4.78 is 38.3. The van der Waals surface area contributed by atoms with Gasteiger partial charge >= 0.3 is 6.18 Å². The molecule has 0 unspecified atom stereocenters. The Hall–Kier alpha value is -1.06. The molecule has 2 rings (SSSR count). The van der Waals surface area contributed by atoms with Crippen LogP contribution in [0.4, 0.5) is 19.1 Å². The Labute approximate surface area is 102 Å². The van der Waals surface area contributed by atoms with Crippen molar-refractivity contribution in [2.45, 2.75) is 6.18 Å². The Kier molecular flexibility index (Phi) is 2.91.